The van der Waals surface area contributed by atoms with E-state index >= 15 is 0 Å². The molecule has 0 amide bonds. The van der Waals surface area contributed by atoms with E-state index in [4.69, 9.17) is 5.11 Å². The normalized spacial score (nSPS) is 14.4. The first kappa shape index (κ1) is 12.2. The van der Waals surface area contributed by atoms with Crippen molar-refractivity contribution in [3.05, 3.63) is 18.5 Å². The molecule has 1 rings (SSSR count). The van der Waals surface area contributed by atoms with Gasteiger partial charge in [0.2, 0.25) is 10.0 Å². The summed E-state index contributed by atoms with van der Waals surface area (Å²) in [7, 11) is -3.51. The van der Waals surface area contributed by atoms with E-state index in [0.717, 1.165) is 0 Å². The minimum Gasteiger partial charge on any atom is -0.395 e. The van der Waals surface area contributed by atoms with Crippen molar-refractivity contribution in [3.63, 3.8) is 0 Å². The smallest absolute Gasteiger partial charge is 0.242 e. The molecule has 0 aliphatic carbocycles. The zero-order valence-electron chi connectivity index (χ0n) is 8.77. The fourth-order valence-electron chi connectivity index (χ4n) is 1.13. The first-order valence-electron chi connectivity index (χ1n) is 4.73. The van der Waals surface area contributed by atoms with Crippen molar-refractivity contribution in [2.75, 3.05) is 6.61 Å². The van der Waals surface area contributed by atoms with Gasteiger partial charge in [0.1, 0.15) is 0 Å². The summed E-state index contributed by atoms with van der Waals surface area (Å²) < 4.78 is 25.9. The van der Waals surface area contributed by atoms with E-state index in [-0.39, 0.29) is 17.4 Å². The molecule has 0 spiro atoms. The highest BCUT2D eigenvalue weighted by molar-refractivity contribution is 7.89. The molecule has 0 aliphatic rings. The molecule has 1 heterocycles. The highest BCUT2D eigenvalue weighted by Crippen LogP contribution is 2.10. The van der Waals surface area contributed by atoms with Crippen LogP contribution in [0.2, 0.25) is 0 Å². The summed E-state index contributed by atoms with van der Waals surface area (Å²) in [5.74, 6) is 0.0451. The SMILES string of the molecule is CC(C)[C@@H](CO)NS(=O)(=O)c1cc[nH]c1. The summed E-state index contributed by atoms with van der Waals surface area (Å²) in [6.07, 6.45) is 2.94. The van der Waals surface area contributed by atoms with Crippen molar-refractivity contribution in [2.24, 2.45) is 5.92 Å². The van der Waals surface area contributed by atoms with Crippen molar-refractivity contribution in [1.82, 2.24) is 9.71 Å². The molecule has 1 aromatic rings. The molecule has 0 aromatic carbocycles. The molecule has 5 nitrogen and oxygen atoms in total. The summed E-state index contributed by atoms with van der Waals surface area (Å²) in [5, 5.41) is 9.02. The summed E-state index contributed by atoms with van der Waals surface area (Å²) in [6, 6.07) is 1.02. The maximum atomic E-state index is 11.7. The van der Waals surface area contributed by atoms with Crippen molar-refractivity contribution in [3.8, 4) is 0 Å². The van der Waals surface area contributed by atoms with E-state index in [1.165, 1.54) is 18.5 Å². The number of hydrogen-bond donors (Lipinski definition) is 3. The zero-order valence-corrected chi connectivity index (χ0v) is 9.58. The summed E-state index contributed by atoms with van der Waals surface area (Å²) >= 11 is 0. The van der Waals surface area contributed by atoms with E-state index < -0.39 is 16.1 Å². The van der Waals surface area contributed by atoms with Crippen LogP contribution in [0.15, 0.2) is 23.4 Å². The second-order valence-corrected chi connectivity index (χ2v) is 5.42. The minimum absolute atomic E-state index is 0.0451. The first-order valence-corrected chi connectivity index (χ1v) is 6.21. The third-order valence-corrected chi connectivity index (χ3v) is 3.68. The summed E-state index contributed by atoms with van der Waals surface area (Å²) in [6.45, 7) is 3.49. The molecule has 3 N–H and O–H groups in total. The van der Waals surface area contributed by atoms with Gasteiger partial charge in [-0.15, -0.1) is 0 Å². The molecular weight excluding hydrogens is 216 g/mol. The van der Waals surface area contributed by atoms with Gasteiger partial charge in [0.05, 0.1) is 11.5 Å². The fourth-order valence-corrected chi connectivity index (χ4v) is 2.48. The lowest BCUT2D eigenvalue weighted by atomic mass is 10.1. The number of aromatic nitrogens is 1. The monoisotopic (exact) mass is 232 g/mol. The van der Waals surface area contributed by atoms with Gasteiger partial charge < -0.3 is 10.1 Å². The molecule has 6 heteroatoms. The first-order chi connectivity index (χ1) is 6.97. The van der Waals surface area contributed by atoms with E-state index in [1.54, 1.807) is 0 Å². The Labute approximate surface area is 89.6 Å². The fraction of sp³-hybridized carbons (Fsp3) is 0.556. The highest BCUT2D eigenvalue weighted by atomic mass is 32.2. The molecule has 1 atom stereocenters. The standard InChI is InChI=1S/C9H16N2O3S/c1-7(2)9(6-12)11-15(13,14)8-3-4-10-5-8/h3-5,7,9-12H,6H2,1-2H3/t9-/m1/s1. The lowest BCUT2D eigenvalue weighted by Crippen LogP contribution is -2.40. The van der Waals surface area contributed by atoms with Crippen LogP contribution in [0.4, 0.5) is 0 Å². The van der Waals surface area contributed by atoms with Crippen molar-refractivity contribution in [1.29, 1.82) is 0 Å². The molecule has 0 bridgehead atoms. The number of aromatic amines is 1. The number of nitrogens with one attached hydrogen (secondary N) is 2. The highest BCUT2D eigenvalue weighted by Gasteiger charge is 2.21. The van der Waals surface area contributed by atoms with Gasteiger partial charge in [0.25, 0.3) is 0 Å². The molecule has 86 valence electrons. The Morgan fingerprint density at radius 2 is 2.20 bits per heavy atom. The topological polar surface area (TPSA) is 82.2 Å². The third kappa shape index (κ3) is 3.05. The van der Waals surface area contributed by atoms with Crippen LogP contribution in [0.1, 0.15) is 13.8 Å². The van der Waals surface area contributed by atoms with Crippen LogP contribution < -0.4 is 4.72 Å². The van der Waals surface area contributed by atoms with Gasteiger partial charge in [-0.1, -0.05) is 13.8 Å². The number of rotatable bonds is 5. The molecule has 1 aromatic heterocycles. The Kier molecular flexibility index (Phi) is 3.90. The Balaban J connectivity index is 2.81. The van der Waals surface area contributed by atoms with Crippen LogP contribution >= 0.6 is 0 Å². The summed E-state index contributed by atoms with van der Waals surface area (Å²) in [5.41, 5.74) is 0. The van der Waals surface area contributed by atoms with E-state index in [9.17, 15) is 8.42 Å². The van der Waals surface area contributed by atoms with Crippen LogP contribution in [0.3, 0.4) is 0 Å². The quantitative estimate of drug-likeness (QED) is 0.683. The van der Waals surface area contributed by atoms with Gasteiger partial charge in [0, 0.05) is 18.4 Å². The Morgan fingerprint density at radius 3 is 2.60 bits per heavy atom. The molecule has 0 fully saturated rings. The van der Waals surface area contributed by atoms with Crippen LogP contribution in [0.25, 0.3) is 0 Å². The number of sulfonamides is 1. The predicted molar refractivity (Wildman–Crippen MR) is 56.8 cm³/mol. The molecule has 0 aliphatic heterocycles. The van der Waals surface area contributed by atoms with E-state index in [0.29, 0.717) is 0 Å². The van der Waals surface area contributed by atoms with Crippen molar-refractivity contribution in [2.45, 2.75) is 24.8 Å². The maximum absolute atomic E-state index is 11.7. The van der Waals surface area contributed by atoms with E-state index in [1.807, 2.05) is 13.8 Å². The number of hydrogen-bond acceptors (Lipinski definition) is 3. The van der Waals surface area contributed by atoms with Crippen LogP contribution in [-0.2, 0) is 10.0 Å². The van der Waals surface area contributed by atoms with Gasteiger partial charge in [-0.25, -0.2) is 13.1 Å². The van der Waals surface area contributed by atoms with Gasteiger partial charge in [-0.05, 0) is 12.0 Å². The molecule has 0 unspecified atom stereocenters. The Morgan fingerprint density at radius 1 is 1.53 bits per heavy atom. The van der Waals surface area contributed by atoms with Crippen molar-refractivity contribution >= 4 is 10.0 Å². The van der Waals surface area contributed by atoms with Crippen LogP contribution in [0, 0.1) is 5.92 Å². The Bertz CT molecular complexity index is 383. The molecule has 0 saturated heterocycles. The second-order valence-electron chi connectivity index (χ2n) is 3.70. The lowest BCUT2D eigenvalue weighted by molar-refractivity contribution is 0.227. The predicted octanol–water partition coefficient (Wildman–Crippen LogP) is 0.310. The van der Waals surface area contributed by atoms with Gasteiger partial charge >= 0.3 is 0 Å². The van der Waals surface area contributed by atoms with E-state index in [2.05, 4.69) is 9.71 Å². The zero-order chi connectivity index (χ0) is 11.5. The maximum Gasteiger partial charge on any atom is 0.242 e. The average Bonchev–Trinajstić information content (AvgIpc) is 2.67. The number of aliphatic hydroxyl groups is 1. The lowest BCUT2D eigenvalue weighted by Gasteiger charge is -2.19. The van der Waals surface area contributed by atoms with Gasteiger partial charge in [0.15, 0.2) is 0 Å². The molecule has 15 heavy (non-hydrogen) atoms. The minimum atomic E-state index is -3.51. The van der Waals surface area contributed by atoms with Crippen LogP contribution in [-0.4, -0.2) is 31.2 Å². The Hall–Kier alpha value is -0.850. The molecule has 0 saturated carbocycles. The third-order valence-electron chi connectivity index (χ3n) is 2.19. The largest absolute Gasteiger partial charge is 0.395 e. The van der Waals surface area contributed by atoms with Gasteiger partial charge in [-0.3, -0.25) is 0 Å². The number of aliphatic hydroxyl groups excluding tert-OH is 1. The number of H-pyrrole nitrogens is 1. The van der Waals surface area contributed by atoms with Crippen molar-refractivity contribution < 1.29 is 13.5 Å². The second kappa shape index (κ2) is 4.78. The molecular formula is C9H16N2O3S. The summed E-state index contributed by atoms with van der Waals surface area (Å²) in [4.78, 5) is 2.86. The van der Waals surface area contributed by atoms with Crippen LogP contribution in [0.5, 0.6) is 0 Å². The van der Waals surface area contributed by atoms with Gasteiger partial charge in [-0.2, -0.15) is 0 Å². The molecule has 0 radical (unpaired) electrons. The average molecular weight is 232 g/mol.